The van der Waals surface area contributed by atoms with Crippen molar-refractivity contribution >= 4 is 0 Å². The van der Waals surface area contributed by atoms with Crippen LogP contribution in [-0.4, -0.2) is 6.54 Å². The first-order valence-corrected chi connectivity index (χ1v) is 6.61. The summed E-state index contributed by atoms with van der Waals surface area (Å²) in [5.74, 6) is 1.80. The van der Waals surface area contributed by atoms with Gasteiger partial charge in [0.15, 0.2) is 0 Å². The Hall–Kier alpha value is -0.820. The largest absolute Gasteiger partial charge is 0.330 e. The zero-order valence-corrected chi connectivity index (χ0v) is 10.3. The van der Waals surface area contributed by atoms with Gasteiger partial charge in [-0.25, -0.2) is 0 Å². The Labute approximate surface area is 99.0 Å². The molecule has 1 aromatic carbocycles. The molecule has 1 aliphatic rings. The average molecular weight is 217 g/mol. The Morgan fingerprint density at radius 2 is 1.81 bits per heavy atom. The molecule has 1 aliphatic carbocycles. The van der Waals surface area contributed by atoms with E-state index in [-0.39, 0.29) is 0 Å². The summed E-state index contributed by atoms with van der Waals surface area (Å²) in [7, 11) is 0. The first kappa shape index (κ1) is 11.7. The smallest absolute Gasteiger partial charge is 0.00744 e. The SMILES string of the molecule is CCc1ccc(CC(CCN)C2CC2)cc1. The minimum absolute atomic E-state index is 0.831. The summed E-state index contributed by atoms with van der Waals surface area (Å²) in [4.78, 5) is 0. The highest BCUT2D eigenvalue weighted by atomic mass is 14.5. The Morgan fingerprint density at radius 3 is 2.31 bits per heavy atom. The second-order valence-corrected chi connectivity index (χ2v) is 5.05. The van der Waals surface area contributed by atoms with Crippen LogP contribution < -0.4 is 5.73 Å². The standard InChI is InChI=1S/C15H23N/c1-2-12-3-5-13(6-4-12)11-15(9-10-16)14-7-8-14/h3-6,14-15H,2,7-11,16H2,1H3. The van der Waals surface area contributed by atoms with Gasteiger partial charge in [0.05, 0.1) is 0 Å². The Bertz CT molecular complexity index is 311. The fourth-order valence-corrected chi connectivity index (χ4v) is 2.50. The van der Waals surface area contributed by atoms with Crippen LogP contribution >= 0.6 is 0 Å². The molecule has 2 N–H and O–H groups in total. The minimum atomic E-state index is 0.831. The van der Waals surface area contributed by atoms with E-state index in [1.54, 1.807) is 0 Å². The van der Waals surface area contributed by atoms with E-state index in [1.165, 1.54) is 36.8 Å². The number of aryl methyl sites for hydroxylation is 1. The summed E-state index contributed by atoms with van der Waals surface area (Å²) in [6.45, 7) is 3.05. The van der Waals surface area contributed by atoms with Gasteiger partial charge < -0.3 is 5.73 Å². The quantitative estimate of drug-likeness (QED) is 0.778. The first-order valence-electron chi connectivity index (χ1n) is 6.61. The molecule has 1 aromatic rings. The lowest BCUT2D eigenvalue weighted by atomic mass is 9.91. The average Bonchev–Trinajstić information content (AvgIpc) is 3.13. The lowest BCUT2D eigenvalue weighted by molar-refractivity contribution is 0.432. The third-order valence-corrected chi connectivity index (χ3v) is 3.76. The molecule has 16 heavy (non-hydrogen) atoms. The summed E-state index contributed by atoms with van der Waals surface area (Å²) in [6.07, 6.45) is 6.41. The molecule has 1 saturated carbocycles. The normalized spacial score (nSPS) is 17.4. The molecule has 0 amide bonds. The third-order valence-electron chi connectivity index (χ3n) is 3.76. The number of nitrogens with two attached hydrogens (primary N) is 1. The molecule has 0 heterocycles. The van der Waals surface area contributed by atoms with E-state index >= 15 is 0 Å². The maximum absolute atomic E-state index is 5.69. The predicted molar refractivity (Wildman–Crippen MR) is 69.4 cm³/mol. The molecule has 1 atom stereocenters. The van der Waals surface area contributed by atoms with Gasteiger partial charge >= 0.3 is 0 Å². The highest BCUT2D eigenvalue weighted by Gasteiger charge is 2.30. The molecule has 0 bridgehead atoms. The van der Waals surface area contributed by atoms with E-state index in [2.05, 4.69) is 31.2 Å². The maximum atomic E-state index is 5.69. The van der Waals surface area contributed by atoms with Crippen molar-refractivity contribution < 1.29 is 0 Å². The summed E-state index contributed by atoms with van der Waals surface area (Å²) < 4.78 is 0. The predicted octanol–water partition coefficient (Wildman–Crippen LogP) is 3.17. The third kappa shape index (κ3) is 3.08. The van der Waals surface area contributed by atoms with Crippen LogP contribution in [-0.2, 0) is 12.8 Å². The molecule has 2 rings (SSSR count). The van der Waals surface area contributed by atoms with Crippen molar-refractivity contribution in [2.24, 2.45) is 17.6 Å². The highest BCUT2D eigenvalue weighted by molar-refractivity contribution is 5.23. The van der Waals surface area contributed by atoms with Crippen molar-refractivity contribution in [1.82, 2.24) is 0 Å². The van der Waals surface area contributed by atoms with Gasteiger partial charge in [0.2, 0.25) is 0 Å². The van der Waals surface area contributed by atoms with Gasteiger partial charge in [0, 0.05) is 0 Å². The zero-order chi connectivity index (χ0) is 11.4. The molecule has 1 heteroatoms. The molecule has 88 valence electrons. The van der Waals surface area contributed by atoms with E-state index < -0.39 is 0 Å². The molecule has 1 fully saturated rings. The van der Waals surface area contributed by atoms with E-state index in [0.29, 0.717) is 0 Å². The van der Waals surface area contributed by atoms with Gasteiger partial charge in [0.1, 0.15) is 0 Å². The van der Waals surface area contributed by atoms with Crippen molar-refractivity contribution in [1.29, 1.82) is 0 Å². The summed E-state index contributed by atoms with van der Waals surface area (Å²) in [6, 6.07) is 9.12. The molecule has 1 unspecified atom stereocenters. The second kappa shape index (κ2) is 5.49. The van der Waals surface area contributed by atoms with Gasteiger partial charge in [-0.2, -0.15) is 0 Å². The van der Waals surface area contributed by atoms with E-state index in [1.807, 2.05) is 0 Å². The van der Waals surface area contributed by atoms with Crippen LogP contribution in [0.25, 0.3) is 0 Å². The second-order valence-electron chi connectivity index (χ2n) is 5.05. The molecule has 0 saturated heterocycles. The molecule has 0 aromatic heterocycles. The fourth-order valence-electron chi connectivity index (χ4n) is 2.50. The Morgan fingerprint density at radius 1 is 1.19 bits per heavy atom. The Balaban J connectivity index is 1.94. The lowest BCUT2D eigenvalue weighted by Gasteiger charge is -2.15. The van der Waals surface area contributed by atoms with E-state index in [0.717, 1.165) is 24.8 Å². The van der Waals surface area contributed by atoms with Crippen LogP contribution in [0.15, 0.2) is 24.3 Å². The lowest BCUT2D eigenvalue weighted by Crippen LogP contribution is -2.13. The van der Waals surface area contributed by atoms with Crippen LogP contribution in [0.3, 0.4) is 0 Å². The van der Waals surface area contributed by atoms with E-state index in [4.69, 9.17) is 5.73 Å². The molecular weight excluding hydrogens is 194 g/mol. The van der Waals surface area contributed by atoms with Crippen molar-refractivity contribution in [3.63, 3.8) is 0 Å². The first-order chi connectivity index (χ1) is 7.83. The number of benzene rings is 1. The summed E-state index contributed by atoms with van der Waals surface area (Å²) >= 11 is 0. The van der Waals surface area contributed by atoms with Gasteiger partial charge in [-0.05, 0) is 61.6 Å². The molecule has 0 spiro atoms. The summed E-state index contributed by atoms with van der Waals surface area (Å²) in [5.41, 5.74) is 8.62. The Kier molecular flexibility index (Phi) is 4.00. The van der Waals surface area contributed by atoms with E-state index in [9.17, 15) is 0 Å². The fraction of sp³-hybridized carbons (Fsp3) is 0.600. The van der Waals surface area contributed by atoms with Crippen LogP contribution in [0.4, 0.5) is 0 Å². The van der Waals surface area contributed by atoms with Crippen LogP contribution in [0, 0.1) is 11.8 Å². The van der Waals surface area contributed by atoms with Crippen LogP contribution in [0.5, 0.6) is 0 Å². The van der Waals surface area contributed by atoms with Crippen molar-refractivity contribution in [2.75, 3.05) is 6.54 Å². The van der Waals surface area contributed by atoms with Crippen molar-refractivity contribution in [2.45, 2.75) is 39.0 Å². The van der Waals surface area contributed by atoms with Gasteiger partial charge in [-0.1, -0.05) is 31.2 Å². The molecular formula is C15H23N. The number of hydrogen-bond donors (Lipinski definition) is 1. The molecule has 1 nitrogen and oxygen atoms in total. The van der Waals surface area contributed by atoms with Gasteiger partial charge in [-0.15, -0.1) is 0 Å². The topological polar surface area (TPSA) is 26.0 Å². The summed E-state index contributed by atoms with van der Waals surface area (Å²) in [5, 5.41) is 0. The number of rotatable bonds is 6. The van der Waals surface area contributed by atoms with Crippen LogP contribution in [0.2, 0.25) is 0 Å². The zero-order valence-electron chi connectivity index (χ0n) is 10.3. The number of hydrogen-bond acceptors (Lipinski definition) is 1. The molecule has 0 aliphatic heterocycles. The minimum Gasteiger partial charge on any atom is -0.330 e. The van der Waals surface area contributed by atoms with Crippen molar-refractivity contribution in [3.8, 4) is 0 Å². The molecule has 0 radical (unpaired) electrons. The van der Waals surface area contributed by atoms with Crippen molar-refractivity contribution in [3.05, 3.63) is 35.4 Å². The van der Waals surface area contributed by atoms with Crippen LogP contribution in [0.1, 0.15) is 37.3 Å². The maximum Gasteiger partial charge on any atom is -0.00744 e. The van der Waals surface area contributed by atoms with Gasteiger partial charge in [0.25, 0.3) is 0 Å². The monoisotopic (exact) mass is 217 g/mol. The van der Waals surface area contributed by atoms with Gasteiger partial charge in [-0.3, -0.25) is 0 Å². The highest BCUT2D eigenvalue weighted by Crippen LogP contribution is 2.39.